The fourth-order valence-corrected chi connectivity index (χ4v) is 2.39. The van der Waals surface area contributed by atoms with Crippen LogP contribution in [0.1, 0.15) is 21.7 Å². The van der Waals surface area contributed by atoms with Crippen molar-refractivity contribution in [1.29, 1.82) is 0 Å². The molecule has 1 aromatic heterocycles. The van der Waals surface area contributed by atoms with Crippen LogP contribution in [0.3, 0.4) is 0 Å². The zero-order valence-corrected chi connectivity index (χ0v) is 13.3. The highest BCUT2D eigenvalue weighted by atomic mass is 35.5. The zero-order valence-electron chi connectivity index (χ0n) is 11.8. The minimum absolute atomic E-state index is 0.162. The minimum atomic E-state index is 0.162. The van der Waals surface area contributed by atoms with E-state index < -0.39 is 0 Å². The highest BCUT2D eigenvalue weighted by Gasteiger charge is 2.16. The van der Waals surface area contributed by atoms with E-state index in [0.29, 0.717) is 39.1 Å². The molecular formula is C14H14Cl2N2O3. The molecule has 0 radical (unpaired) electrons. The second-order valence-electron chi connectivity index (χ2n) is 4.40. The van der Waals surface area contributed by atoms with Gasteiger partial charge in [0.25, 0.3) is 0 Å². The summed E-state index contributed by atoms with van der Waals surface area (Å²) in [5.74, 6) is 0.714. The number of nitrogens with zero attached hydrogens (tertiary/aromatic N) is 2. The van der Waals surface area contributed by atoms with Crippen molar-refractivity contribution in [3.63, 3.8) is 0 Å². The lowest BCUT2D eigenvalue weighted by Gasteiger charge is -2.13. The summed E-state index contributed by atoms with van der Waals surface area (Å²) in [5.41, 5.74) is 1.74. The Labute approximate surface area is 132 Å². The molecule has 0 unspecified atom stereocenters. The molecule has 0 aliphatic rings. The first-order valence-corrected chi connectivity index (χ1v) is 6.87. The lowest BCUT2D eigenvalue weighted by atomic mass is 10.2. The fourth-order valence-electron chi connectivity index (χ4n) is 1.96. The largest absolute Gasteiger partial charge is 0.493 e. The number of hydrogen-bond acceptors (Lipinski definition) is 4. The summed E-state index contributed by atoms with van der Waals surface area (Å²) >= 11 is 12.1. The SMILES string of the molecule is COc1cc(Cl)cc(C=O)c1OCc1c(Cl)c(C)nn1C. The van der Waals surface area contributed by atoms with E-state index >= 15 is 0 Å². The van der Waals surface area contributed by atoms with Gasteiger partial charge in [-0.25, -0.2) is 0 Å². The molecule has 1 aromatic carbocycles. The van der Waals surface area contributed by atoms with Crippen LogP contribution in [0.2, 0.25) is 10.0 Å². The van der Waals surface area contributed by atoms with Gasteiger partial charge < -0.3 is 9.47 Å². The van der Waals surface area contributed by atoms with Crippen molar-refractivity contribution < 1.29 is 14.3 Å². The first-order valence-electron chi connectivity index (χ1n) is 6.11. The topological polar surface area (TPSA) is 53.4 Å². The average molecular weight is 329 g/mol. The van der Waals surface area contributed by atoms with Crippen LogP contribution >= 0.6 is 23.2 Å². The minimum Gasteiger partial charge on any atom is -0.493 e. The number of aryl methyl sites for hydroxylation is 2. The van der Waals surface area contributed by atoms with E-state index in [0.717, 1.165) is 5.69 Å². The number of methoxy groups -OCH3 is 1. The Morgan fingerprint density at radius 1 is 1.38 bits per heavy atom. The van der Waals surface area contributed by atoms with Crippen LogP contribution in [0, 0.1) is 6.92 Å². The lowest BCUT2D eigenvalue weighted by Crippen LogP contribution is -2.06. The third kappa shape index (κ3) is 3.14. The third-order valence-corrected chi connectivity index (χ3v) is 3.72. The van der Waals surface area contributed by atoms with Crippen LogP contribution in [0.15, 0.2) is 12.1 Å². The van der Waals surface area contributed by atoms with Crippen LogP contribution in [0.5, 0.6) is 11.5 Å². The molecule has 7 heteroatoms. The van der Waals surface area contributed by atoms with Gasteiger partial charge in [-0.3, -0.25) is 9.48 Å². The van der Waals surface area contributed by atoms with Gasteiger partial charge >= 0.3 is 0 Å². The molecule has 1 heterocycles. The van der Waals surface area contributed by atoms with E-state index in [1.165, 1.54) is 13.2 Å². The molecule has 5 nitrogen and oxygen atoms in total. The Balaban J connectivity index is 2.33. The van der Waals surface area contributed by atoms with Crippen LogP contribution in [0.25, 0.3) is 0 Å². The predicted octanol–water partition coefficient (Wildman–Crippen LogP) is 3.44. The Morgan fingerprint density at radius 2 is 2.10 bits per heavy atom. The smallest absolute Gasteiger partial charge is 0.172 e. The second kappa shape index (κ2) is 6.37. The van der Waals surface area contributed by atoms with E-state index in [4.69, 9.17) is 32.7 Å². The molecule has 112 valence electrons. The van der Waals surface area contributed by atoms with Gasteiger partial charge in [-0.1, -0.05) is 23.2 Å². The van der Waals surface area contributed by atoms with Gasteiger partial charge in [-0.2, -0.15) is 5.10 Å². The van der Waals surface area contributed by atoms with Crippen LogP contribution in [-0.2, 0) is 13.7 Å². The van der Waals surface area contributed by atoms with E-state index in [2.05, 4.69) is 5.10 Å². The molecule has 0 amide bonds. The van der Waals surface area contributed by atoms with Crippen LogP contribution in [0.4, 0.5) is 0 Å². The quantitative estimate of drug-likeness (QED) is 0.789. The summed E-state index contributed by atoms with van der Waals surface area (Å²) in [6, 6.07) is 3.10. The molecule has 0 atom stereocenters. The van der Waals surface area contributed by atoms with Gasteiger partial charge in [-0.15, -0.1) is 0 Å². The monoisotopic (exact) mass is 328 g/mol. The molecule has 0 N–H and O–H groups in total. The summed E-state index contributed by atoms with van der Waals surface area (Å²) < 4.78 is 12.5. The highest BCUT2D eigenvalue weighted by Crippen LogP contribution is 2.34. The zero-order chi connectivity index (χ0) is 15.6. The number of hydrogen-bond donors (Lipinski definition) is 0. The van der Waals surface area contributed by atoms with E-state index in [1.807, 2.05) is 6.92 Å². The summed E-state index contributed by atoms with van der Waals surface area (Å²) in [6.07, 6.45) is 0.667. The number of rotatable bonds is 5. The van der Waals surface area contributed by atoms with Gasteiger partial charge in [0.2, 0.25) is 0 Å². The van der Waals surface area contributed by atoms with Crippen molar-refractivity contribution in [1.82, 2.24) is 9.78 Å². The molecule has 0 spiro atoms. The van der Waals surface area contributed by atoms with Gasteiger partial charge in [0, 0.05) is 18.1 Å². The number of ether oxygens (including phenoxy) is 2. The molecule has 0 fully saturated rings. The van der Waals surface area contributed by atoms with Crippen LogP contribution in [-0.4, -0.2) is 23.2 Å². The van der Waals surface area contributed by atoms with Gasteiger partial charge in [0.15, 0.2) is 17.8 Å². The predicted molar refractivity (Wildman–Crippen MR) is 80.7 cm³/mol. The number of benzene rings is 1. The molecule has 0 saturated heterocycles. The van der Waals surface area contributed by atoms with Crippen molar-refractivity contribution in [2.24, 2.45) is 7.05 Å². The van der Waals surface area contributed by atoms with Gasteiger partial charge in [-0.05, 0) is 13.0 Å². The molecule has 0 bridgehead atoms. The highest BCUT2D eigenvalue weighted by molar-refractivity contribution is 6.32. The molecule has 0 saturated carbocycles. The Bertz CT molecular complexity index is 683. The summed E-state index contributed by atoms with van der Waals surface area (Å²) in [4.78, 5) is 11.2. The normalized spacial score (nSPS) is 10.5. The van der Waals surface area contributed by atoms with Crippen molar-refractivity contribution in [3.8, 4) is 11.5 Å². The molecule has 21 heavy (non-hydrogen) atoms. The van der Waals surface area contributed by atoms with Crippen molar-refractivity contribution >= 4 is 29.5 Å². The fraction of sp³-hybridized carbons (Fsp3) is 0.286. The number of halogens is 2. The van der Waals surface area contributed by atoms with Crippen molar-refractivity contribution in [3.05, 3.63) is 39.1 Å². The number of aldehydes is 1. The van der Waals surface area contributed by atoms with Crippen LogP contribution < -0.4 is 9.47 Å². The van der Waals surface area contributed by atoms with Gasteiger partial charge in [0.1, 0.15) is 6.61 Å². The second-order valence-corrected chi connectivity index (χ2v) is 5.22. The molecule has 2 rings (SSSR count). The Kier molecular flexibility index (Phi) is 4.75. The van der Waals surface area contributed by atoms with Gasteiger partial charge in [0.05, 0.1) is 29.1 Å². The van der Waals surface area contributed by atoms with E-state index in [9.17, 15) is 4.79 Å². The van der Waals surface area contributed by atoms with Crippen molar-refractivity contribution in [2.45, 2.75) is 13.5 Å². The van der Waals surface area contributed by atoms with E-state index in [-0.39, 0.29) is 6.61 Å². The number of aromatic nitrogens is 2. The van der Waals surface area contributed by atoms with Crippen molar-refractivity contribution in [2.75, 3.05) is 7.11 Å². The molecule has 2 aromatic rings. The lowest BCUT2D eigenvalue weighted by molar-refractivity contribution is 0.111. The Hall–Kier alpha value is -1.72. The standard InChI is InChI=1S/C14H14Cl2N2O3/c1-8-13(16)11(18(2)17-8)7-21-14-9(6-19)4-10(15)5-12(14)20-3/h4-6H,7H2,1-3H3. The maximum atomic E-state index is 11.2. The maximum absolute atomic E-state index is 11.2. The molecular weight excluding hydrogens is 315 g/mol. The van der Waals surface area contributed by atoms with E-state index in [1.54, 1.807) is 17.8 Å². The Morgan fingerprint density at radius 3 is 2.62 bits per heavy atom. The first kappa shape index (κ1) is 15.7. The number of carbonyl (C=O) groups excluding carboxylic acids is 1. The summed E-state index contributed by atoms with van der Waals surface area (Å²) in [7, 11) is 3.26. The summed E-state index contributed by atoms with van der Waals surface area (Å²) in [5, 5.41) is 5.14. The first-order chi connectivity index (χ1) is 9.97. The number of carbonyl (C=O) groups is 1. The third-order valence-electron chi connectivity index (χ3n) is 3.01. The average Bonchev–Trinajstić information content (AvgIpc) is 2.70. The molecule has 0 aliphatic carbocycles. The maximum Gasteiger partial charge on any atom is 0.172 e. The molecule has 0 aliphatic heterocycles. The summed E-state index contributed by atoms with van der Waals surface area (Å²) in [6.45, 7) is 1.97.